The average molecular weight is 285 g/mol. The van der Waals surface area contributed by atoms with E-state index in [2.05, 4.69) is 15.4 Å². The topological polar surface area (TPSA) is 45.5 Å². The highest BCUT2D eigenvalue weighted by Gasteiger charge is 2.35. The van der Waals surface area contributed by atoms with Gasteiger partial charge in [-0.15, -0.1) is 0 Å². The summed E-state index contributed by atoms with van der Waals surface area (Å²) < 4.78 is 39.5. The first-order valence-electron chi connectivity index (χ1n) is 6.36. The van der Waals surface area contributed by atoms with Gasteiger partial charge in [-0.1, -0.05) is 0 Å². The highest BCUT2D eigenvalue weighted by Crippen LogP contribution is 2.31. The van der Waals surface area contributed by atoms with Crippen molar-refractivity contribution >= 4 is 11.3 Å². The summed E-state index contributed by atoms with van der Waals surface area (Å²) >= 11 is 0. The molecule has 20 heavy (non-hydrogen) atoms. The maximum atomic E-state index is 12.8. The molecule has 1 fully saturated rings. The number of piperazine rings is 1. The first-order chi connectivity index (χ1) is 9.47. The molecular formula is C12H14F3N5. The van der Waals surface area contributed by atoms with Crippen LogP contribution in [0.25, 0.3) is 5.52 Å². The van der Waals surface area contributed by atoms with Gasteiger partial charge in [0.15, 0.2) is 11.5 Å². The van der Waals surface area contributed by atoms with Crippen molar-refractivity contribution in [1.29, 1.82) is 0 Å². The second kappa shape index (κ2) is 4.62. The van der Waals surface area contributed by atoms with Gasteiger partial charge in [0, 0.05) is 44.1 Å². The smallest absolute Gasteiger partial charge is 0.350 e. The fraction of sp³-hybridized carbons (Fsp3) is 0.500. The van der Waals surface area contributed by atoms with Crippen LogP contribution >= 0.6 is 0 Å². The summed E-state index contributed by atoms with van der Waals surface area (Å²) in [6, 6.07) is 1.23. The number of hydrogen-bond donors (Lipinski definition) is 1. The van der Waals surface area contributed by atoms with Crippen molar-refractivity contribution in [2.24, 2.45) is 0 Å². The normalized spacial score (nSPS) is 20.6. The summed E-state index contributed by atoms with van der Waals surface area (Å²) in [6.07, 6.45) is -1.54. The molecule has 0 spiro atoms. The van der Waals surface area contributed by atoms with Gasteiger partial charge >= 0.3 is 6.18 Å². The van der Waals surface area contributed by atoms with Gasteiger partial charge in [0.2, 0.25) is 0 Å². The fourth-order valence-corrected chi connectivity index (χ4v) is 2.42. The number of alkyl halides is 3. The molecular weight excluding hydrogens is 271 g/mol. The van der Waals surface area contributed by atoms with Crippen LogP contribution in [-0.2, 0) is 6.18 Å². The molecule has 1 unspecified atom stereocenters. The molecule has 1 saturated heterocycles. The molecule has 2 aromatic heterocycles. The van der Waals surface area contributed by atoms with Crippen LogP contribution in [0.4, 0.5) is 19.0 Å². The van der Waals surface area contributed by atoms with E-state index in [0.717, 1.165) is 19.2 Å². The third kappa shape index (κ3) is 2.20. The van der Waals surface area contributed by atoms with Gasteiger partial charge in [0.1, 0.15) is 5.52 Å². The van der Waals surface area contributed by atoms with E-state index in [1.807, 2.05) is 11.8 Å². The van der Waals surface area contributed by atoms with Crippen LogP contribution in [0.1, 0.15) is 12.6 Å². The molecule has 2 aromatic rings. The molecule has 1 aliphatic rings. The van der Waals surface area contributed by atoms with Crippen LogP contribution in [0, 0.1) is 0 Å². The Labute approximate surface area is 113 Å². The van der Waals surface area contributed by atoms with Crippen molar-refractivity contribution in [2.45, 2.75) is 19.1 Å². The Bertz CT molecular complexity index is 621. The summed E-state index contributed by atoms with van der Waals surface area (Å²) in [5.41, 5.74) is -0.511. The largest absolute Gasteiger partial charge is 0.435 e. The standard InChI is InChI=1S/C12H14F3N5/c1-8-7-16-2-4-19(8)11-9-6-10(12(13,14)15)18-20(9)5-3-17-11/h3,5-6,8,16H,2,4,7H2,1H3. The van der Waals surface area contributed by atoms with Crippen molar-refractivity contribution < 1.29 is 13.2 Å². The minimum absolute atomic E-state index is 0.173. The van der Waals surface area contributed by atoms with Crippen molar-refractivity contribution in [1.82, 2.24) is 19.9 Å². The molecule has 0 saturated carbocycles. The second-order valence-corrected chi connectivity index (χ2v) is 4.85. The molecule has 0 aromatic carbocycles. The van der Waals surface area contributed by atoms with Crippen LogP contribution < -0.4 is 10.2 Å². The van der Waals surface area contributed by atoms with Crippen molar-refractivity contribution in [2.75, 3.05) is 24.5 Å². The van der Waals surface area contributed by atoms with Crippen LogP contribution in [0.2, 0.25) is 0 Å². The third-order valence-electron chi connectivity index (χ3n) is 3.43. The van der Waals surface area contributed by atoms with Gasteiger partial charge in [-0.2, -0.15) is 18.3 Å². The van der Waals surface area contributed by atoms with Crippen LogP contribution in [0.3, 0.4) is 0 Å². The maximum absolute atomic E-state index is 12.8. The molecule has 1 aliphatic heterocycles. The summed E-state index contributed by atoms with van der Waals surface area (Å²) in [6.45, 7) is 4.29. The quantitative estimate of drug-likeness (QED) is 0.863. The molecule has 108 valence electrons. The second-order valence-electron chi connectivity index (χ2n) is 4.85. The zero-order valence-corrected chi connectivity index (χ0v) is 10.9. The van der Waals surface area contributed by atoms with E-state index < -0.39 is 11.9 Å². The Morgan fingerprint density at radius 1 is 1.40 bits per heavy atom. The minimum atomic E-state index is -4.45. The van der Waals surface area contributed by atoms with E-state index in [1.165, 1.54) is 16.9 Å². The third-order valence-corrected chi connectivity index (χ3v) is 3.43. The number of hydrogen-bond acceptors (Lipinski definition) is 4. The summed E-state index contributed by atoms with van der Waals surface area (Å²) in [4.78, 5) is 6.25. The van der Waals surface area contributed by atoms with Gasteiger partial charge in [0.05, 0.1) is 0 Å². The monoisotopic (exact) mass is 285 g/mol. The molecule has 8 heteroatoms. The molecule has 1 N–H and O–H groups in total. The first-order valence-corrected chi connectivity index (χ1v) is 6.36. The lowest BCUT2D eigenvalue weighted by molar-refractivity contribution is -0.141. The summed E-state index contributed by atoms with van der Waals surface area (Å²) in [5.74, 6) is 0.546. The highest BCUT2D eigenvalue weighted by atomic mass is 19.4. The Balaban J connectivity index is 2.09. The minimum Gasteiger partial charge on any atom is -0.350 e. The van der Waals surface area contributed by atoms with Gasteiger partial charge in [-0.25, -0.2) is 9.50 Å². The van der Waals surface area contributed by atoms with E-state index in [9.17, 15) is 13.2 Å². The molecule has 5 nitrogen and oxygen atoms in total. The first kappa shape index (κ1) is 13.2. The summed E-state index contributed by atoms with van der Waals surface area (Å²) in [7, 11) is 0. The van der Waals surface area contributed by atoms with Crippen molar-refractivity contribution in [3.8, 4) is 0 Å². The van der Waals surface area contributed by atoms with Gasteiger partial charge in [0.25, 0.3) is 0 Å². The molecule has 3 heterocycles. The van der Waals surface area contributed by atoms with Gasteiger partial charge in [-0.3, -0.25) is 0 Å². The van der Waals surface area contributed by atoms with Crippen LogP contribution in [0.15, 0.2) is 18.5 Å². The molecule has 0 aliphatic carbocycles. The van der Waals surface area contributed by atoms with E-state index in [-0.39, 0.29) is 6.04 Å². The van der Waals surface area contributed by atoms with Crippen LogP contribution in [0.5, 0.6) is 0 Å². The zero-order chi connectivity index (χ0) is 14.3. The predicted molar refractivity (Wildman–Crippen MR) is 67.7 cm³/mol. The SMILES string of the molecule is CC1CNCCN1c1nccn2nc(C(F)(F)F)cc12. The van der Waals surface area contributed by atoms with Crippen LogP contribution in [-0.4, -0.2) is 40.3 Å². The number of aromatic nitrogens is 3. The zero-order valence-electron chi connectivity index (χ0n) is 10.9. The van der Waals surface area contributed by atoms with E-state index in [1.54, 1.807) is 0 Å². The number of fused-ring (bicyclic) bond motifs is 1. The molecule has 0 bridgehead atoms. The maximum Gasteiger partial charge on any atom is 0.435 e. The predicted octanol–water partition coefficient (Wildman–Crippen LogP) is 1.55. The molecule has 1 atom stereocenters. The number of nitrogens with zero attached hydrogens (tertiary/aromatic N) is 4. The molecule has 3 rings (SSSR count). The van der Waals surface area contributed by atoms with Gasteiger partial charge in [-0.05, 0) is 6.92 Å². The number of anilines is 1. The Kier molecular flexibility index (Phi) is 3.04. The lowest BCUT2D eigenvalue weighted by atomic mass is 10.2. The average Bonchev–Trinajstić information content (AvgIpc) is 2.83. The number of halogens is 3. The molecule has 0 amide bonds. The Morgan fingerprint density at radius 2 is 2.20 bits per heavy atom. The Hall–Kier alpha value is -1.83. The van der Waals surface area contributed by atoms with Gasteiger partial charge < -0.3 is 10.2 Å². The molecule has 0 radical (unpaired) electrons. The van der Waals surface area contributed by atoms with E-state index >= 15 is 0 Å². The number of nitrogens with one attached hydrogen (secondary N) is 1. The summed E-state index contributed by atoms with van der Waals surface area (Å²) in [5, 5.41) is 6.81. The van der Waals surface area contributed by atoms with Crippen molar-refractivity contribution in [3.63, 3.8) is 0 Å². The Morgan fingerprint density at radius 3 is 2.90 bits per heavy atom. The van der Waals surface area contributed by atoms with Crippen molar-refractivity contribution in [3.05, 3.63) is 24.2 Å². The lowest BCUT2D eigenvalue weighted by Gasteiger charge is -2.35. The number of rotatable bonds is 1. The van der Waals surface area contributed by atoms with E-state index in [0.29, 0.717) is 17.9 Å². The fourth-order valence-electron chi connectivity index (χ4n) is 2.42. The van der Waals surface area contributed by atoms with E-state index in [4.69, 9.17) is 0 Å². The highest BCUT2D eigenvalue weighted by molar-refractivity contribution is 5.69. The lowest BCUT2D eigenvalue weighted by Crippen LogP contribution is -2.50.